The minimum atomic E-state index is -3.02. The summed E-state index contributed by atoms with van der Waals surface area (Å²) in [5.74, 6) is -1.31. The second-order valence-corrected chi connectivity index (χ2v) is 5.39. The van der Waals surface area contributed by atoms with Crippen LogP contribution in [0, 0.1) is 5.82 Å². The molecule has 0 saturated carbocycles. The van der Waals surface area contributed by atoms with Gasteiger partial charge < -0.3 is 14.8 Å². The first-order chi connectivity index (χ1) is 12.9. The van der Waals surface area contributed by atoms with E-state index in [1.165, 1.54) is 36.4 Å². The van der Waals surface area contributed by atoms with Crippen molar-refractivity contribution >= 4 is 28.9 Å². The largest absolute Gasteiger partial charge is 0.490 e. The number of hydrogen-bond acceptors (Lipinski definition) is 4. The minimum Gasteiger partial charge on any atom is -0.490 e. The zero-order chi connectivity index (χ0) is 19.8. The van der Waals surface area contributed by atoms with E-state index in [1.807, 2.05) is 0 Å². The highest BCUT2D eigenvalue weighted by Gasteiger charge is 2.15. The summed E-state index contributed by atoms with van der Waals surface area (Å²) in [4.78, 5) is 12.2. The molecular formula is C17H16F3N3O3S. The van der Waals surface area contributed by atoms with Crippen LogP contribution in [0.4, 0.5) is 18.9 Å². The van der Waals surface area contributed by atoms with Crippen LogP contribution in [-0.2, 0) is 0 Å². The van der Waals surface area contributed by atoms with Crippen molar-refractivity contribution in [3.05, 3.63) is 53.8 Å². The zero-order valence-corrected chi connectivity index (χ0v) is 14.9. The average molecular weight is 399 g/mol. The number of amides is 1. The first kappa shape index (κ1) is 20.3. The lowest BCUT2D eigenvalue weighted by Crippen LogP contribution is -2.43. The molecule has 2 aromatic carbocycles. The molecule has 0 heterocycles. The third kappa shape index (κ3) is 6.03. The van der Waals surface area contributed by atoms with Crippen LogP contribution in [0.25, 0.3) is 0 Å². The number of benzene rings is 2. The Morgan fingerprint density at radius 3 is 2.56 bits per heavy atom. The van der Waals surface area contributed by atoms with E-state index in [4.69, 9.17) is 17.0 Å². The van der Waals surface area contributed by atoms with E-state index in [0.717, 1.165) is 0 Å². The number of rotatable bonds is 6. The molecule has 0 aliphatic heterocycles. The summed E-state index contributed by atoms with van der Waals surface area (Å²) in [5.41, 5.74) is 4.97. The number of hydrogen-bond donors (Lipinski definition) is 3. The van der Waals surface area contributed by atoms with Crippen molar-refractivity contribution in [3.8, 4) is 11.5 Å². The first-order valence-corrected chi connectivity index (χ1v) is 8.15. The molecule has 1 amide bonds. The number of carbonyl (C=O) groups excluding carboxylic acids is 1. The molecule has 0 aliphatic rings. The molecule has 0 spiro atoms. The van der Waals surface area contributed by atoms with Crippen LogP contribution < -0.4 is 25.6 Å². The SMILES string of the molecule is CCOc1cc(C(=O)NNC(=S)Nc2ccccc2F)ccc1OC(F)F. The highest BCUT2D eigenvalue weighted by molar-refractivity contribution is 7.80. The third-order valence-electron chi connectivity index (χ3n) is 3.13. The van der Waals surface area contributed by atoms with Crippen molar-refractivity contribution in [2.45, 2.75) is 13.5 Å². The maximum Gasteiger partial charge on any atom is 0.387 e. The Balaban J connectivity index is 1.99. The van der Waals surface area contributed by atoms with Crippen LogP contribution in [0.5, 0.6) is 11.5 Å². The van der Waals surface area contributed by atoms with Gasteiger partial charge in [0.15, 0.2) is 16.6 Å². The van der Waals surface area contributed by atoms with E-state index in [2.05, 4.69) is 20.9 Å². The van der Waals surface area contributed by atoms with Crippen molar-refractivity contribution < 1.29 is 27.4 Å². The number of nitrogens with one attached hydrogen (secondary N) is 3. The maximum atomic E-state index is 13.5. The Morgan fingerprint density at radius 2 is 1.89 bits per heavy atom. The second-order valence-electron chi connectivity index (χ2n) is 4.99. The third-order valence-corrected chi connectivity index (χ3v) is 3.34. The molecule has 0 fully saturated rings. The summed E-state index contributed by atoms with van der Waals surface area (Å²) in [7, 11) is 0. The highest BCUT2D eigenvalue weighted by Crippen LogP contribution is 2.29. The van der Waals surface area contributed by atoms with Crippen molar-refractivity contribution in [2.75, 3.05) is 11.9 Å². The fourth-order valence-corrected chi connectivity index (χ4v) is 2.17. The predicted molar refractivity (Wildman–Crippen MR) is 97.5 cm³/mol. The van der Waals surface area contributed by atoms with Crippen LogP contribution in [0.3, 0.4) is 0 Å². The van der Waals surface area contributed by atoms with Crippen LogP contribution in [0.2, 0.25) is 0 Å². The molecule has 0 aliphatic carbocycles. The predicted octanol–water partition coefficient (Wildman–Crippen LogP) is 3.46. The van der Waals surface area contributed by atoms with Gasteiger partial charge in [-0.25, -0.2) is 4.39 Å². The topological polar surface area (TPSA) is 71.6 Å². The molecule has 0 radical (unpaired) electrons. The molecule has 3 N–H and O–H groups in total. The summed E-state index contributed by atoms with van der Waals surface area (Å²) in [6, 6.07) is 9.60. The molecule has 2 rings (SSSR count). The summed E-state index contributed by atoms with van der Waals surface area (Å²) >= 11 is 4.97. The van der Waals surface area contributed by atoms with Crippen LogP contribution in [0.1, 0.15) is 17.3 Å². The molecule has 0 saturated heterocycles. The molecule has 0 aromatic heterocycles. The van der Waals surface area contributed by atoms with Crippen molar-refractivity contribution in [3.63, 3.8) is 0 Å². The normalized spacial score (nSPS) is 10.3. The smallest absolute Gasteiger partial charge is 0.387 e. The lowest BCUT2D eigenvalue weighted by molar-refractivity contribution is -0.0514. The van der Waals surface area contributed by atoms with Crippen LogP contribution in [-0.4, -0.2) is 24.2 Å². The van der Waals surface area contributed by atoms with E-state index in [0.29, 0.717) is 0 Å². The molecule has 6 nitrogen and oxygen atoms in total. The average Bonchev–Trinajstić information content (AvgIpc) is 2.63. The summed E-state index contributed by atoms with van der Waals surface area (Å²) in [6.45, 7) is -1.17. The fourth-order valence-electron chi connectivity index (χ4n) is 2.01. The van der Waals surface area contributed by atoms with E-state index < -0.39 is 18.3 Å². The van der Waals surface area contributed by atoms with Gasteiger partial charge in [0.2, 0.25) is 0 Å². The van der Waals surface area contributed by atoms with E-state index in [9.17, 15) is 18.0 Å². The van der Waals surface area contributed by atoms with Gasteiger partial charge >= 0.3 is 6.61 Å². The van der Waals surface area contributed by atoms with Crippen molar-refractivity contribution in [1.82, 2.24) is 10.9 Å². The van der Waals surface area contributed by atoms with Gasteiger partial charge in [0.1, 0.15) is 5.82 Å². The Bertz CT molecular complexity index is 821. The van der Waals surface area contributed by atoms with Gasteiger partial charge in [0.25, 0.3) is 5.91 Å². The Labute approximate surface area is 158 Å². The lowest BCUT2D eigenvalue weighted by atomic mass is 10.2. The Morgan fingerprint density at radius 1 is 1.15 bits per heavy atom. The van der Waals surface area contributed by atoms with Gasteiger partial charge in [-0.15, -0.1) is 0 Å². The van der Waals surface area contributed by atoms with Gasteiger partial charge in [0, 0.05) is 5.56 Å². The van der Waals surface area contributed by atoms with Gasteiger partial charge in [-0.1, -0.05) is 12.1 Å². The number of carbonyl (C=O) groups is 1. The molecule has 27 heavy (non-hydrogen) atoms. The summed E-state index contributed by atoms with van der Waals surface area (Å²) < 4.78 is 47.9. The Hall–Kier alpha value is -3.01. The highest BCUT2D eigenvalue weighted by atomic mass is 32.1. The maximum absolute atomic E-state index is 13.5. The number of alkyl halides is 2. The number of halogens is 3. The van der Waals surface area contributed by atoms with Crippen molar-refractivity contribution in [1.29, 1.82) is 0 Å². The molecule has 144 valence electrons. The van der Waals surface area contributed by atoms with Gasteiger partial charge in [0.05, 0.1) is 12.3 Å². The molecule has 0 atom stereocenters. The van der Waals surface area contributed by atoms with Crippen molar-refractivity contribution in [2.24, 2.45) is 0 Å². The van der Waals surface area contributed by atoms with Crippen LogP contribution in [0.15, 0.2) is 42.5 Å². The standard InChI is InChI=1S/C17H16F3N3O3S/c1-2-25-14-9-10(7-8-13(14)26-16(19)20)15(24)22-23-17(27)21-12-6-4-3-5-11(12)18/h3-9,16H,2H2,1H3,(H,22,24)(H2,21,23,27). The summed E-state index contributed by atoms with van der Waals surface area (Å²) in [5, 5.41) is 2.54. The molecule has 2 aromatic rings. The van der Waals surface area contributed by atoms with E-state index >= 15 is 0 Å². The monoisotopic (exact) mass is 399 g/mol. The van der Waals surface area contributed by atoms with Gasteiger partial charge in [-0.05, 0) is 49.5 Å². The zero-order valence-electron chi connectivity index (χ0n) is 14.1. The van der Waals surface area contributed by atoms with Gasteiger partial charge in [-0.3, -0.25) is 15.6 Å². The molecular weight excluding hydrogens is 383 g/mol. The summed E-state index contributed by atoms with van der Waals surface area (Å²) in [6.07, 6.45) is 0. The second kappa shape index (κ2) is 9.62. The van der Waals surface area contributed by atoms with E-state index in [-0.39, 0.29) is 34.5 Å². The fraction of sp³-hybridized carbons (Fsp3) is 0.176. The van der Waals surface area contributed by atoms with Crippen LogP contribution >= 0.6 is 12.2 Å². The quantitative estimate of drug-likeness (QED) is 0.511. The number of para-hydroxylation sites is 1. The number of anilines is 1. The molecule has 0 unspecified atom stereocenters. The van der Waals surface area contributed by atoms with E-state index in [1.54, 1.807) is 13.0 Å². The first-order valence-electron chi connectivity index (χ1n) is 7.74. The lowest BCUT2D eigenvalue weighted by Gasteiger charge is -2.14. The Kier molecular flexibility index (Phi) is 7.24. The number of ether oxygens (including phenoxy) is 2. The number of thiocarbonyl (C=S) groups is 1. The number of hydrazine groups is 1. The van der Waals surface area contributed by atoms with Gasteiger partial charge in [-0.2, -0.15) is 8.78 Å². The molecule has 10 heteroatoms. The minimum absolute atomic E-state index is 0.00231. The molecule has 0 bridgehead atoms.